The number of carbonyl (C=O) groups is 2. The third-order valence-electron chi connectivity index (χ3n) is 4.14. The lowest BCUT2D eigenvalue weighted by molar-refractivity contribution is -0.128. The lowest BCUT2D eigenvalue weighted by Gasteiger charge is -2.15. The van der Waals surface area contributed by atoms with Gasteiger partial charge in [0, 0.05) is 5.56 Å². The number of hydrogen-bond donors (Lipinski definition) is 2. The molecule has 0 fully saturated rings. The first-order valence-corrected chi connectivity index (χ1v) is 9.46. The zero-order valence-electron chi connectivity index (χ0n) is 16.7. The predicted molar refractivity (Wildman–Crippen MR) is 109 cm³/mol. The average molecular weight is 409 g/mol. The van der Waals surface area contributed by atoms with Gasteiger partial charge in [-0.2, -0.15) is 5.10 Å². The third-order valence-corrected chi connectivity index (χ3v) is 4.14. The lowest BCUT2D eigenvalue weighted by atomic mass is 10.1. The second-order valence-electron chi connectivity index (χ2n) is 6.40. The van der Waals surface area contributed by atoms with Crippen molar-refractivity contribution in [3.63, 3.8) is 0 Å². The summed E-state index contributed by atoms with van der Waals surface area (Å²) < 4.78 is 12.6. The number of rotatable bonds is 8. The Morgan fingerprint density at radius 1 is 1.03 bits per heavy atom. The average Bonchev–Trinajstić information content (AvgIpc) is 3.27. The number of benzene rings is 2. The van der Waals surface area contributed by atoms with Gasteiger partial charge >= 0.3 is 0 Å². The molecule has 0 bridgehead atoms. The number of hydrazine groups is 1. The Labute approximate surface area is 174 Å². The van der Waals surface area contributed by atoms with Crippen molar-refractivity contribution in [2.45, 2.75) is 26.5 Å². The van der Waals surface area contributed by atoms with Crippen LogP contribution in [0.2, 0.25) is 0 Å². The lowest BCUT2D eigenvalue weighted by Crippen LogP contribution is -2.47. The Balaban J connectivity index is 1.46. The Morgan fingerprint density at radius 3 is 2.37 bits per heavy atom. The maximum atomic E-state index is 12.2. The van der Waals surface area contributed by atoms with Gasteiger partial charge in [0.15, 0.2) is 6.10 Å². The van der Waals surface area contributed by atoms with Crippen molar-refractivity contribution >= 4 is 11.8 Å². The minimum atomic E-state index is -0.798. The molecule has 1 aromatic heterocycles. The molecule has 2 N–H and O–H groups in total. The summed E-state index contributed by atoms with van der Waals surface area (Å²) in [7, 11) is 0. The van der Waals surface area contributed by atoms with Crippen molar-refractivity contribution in [1.29, 1.82) is 0 Å². The van der Waals surface area contributed by atoms with E-state index in [1.165, 1.54) is 6.33 Å². The fourth-order valence-electron chi connectivity index (χ4n) is 2.59. The molecule has 2 amide bonds. The number of ether oxygens (including phenoxy) is 2. The van der Waals surface area contributed by atoms with Crippen LogP contribution in [0.4, 0.5) is 0 Å². The summed E-state index contributed by atoms with van der Waals surface area (Å²) in [6.45, 7) is 4.62. The van der Waals surface area contributed by atoms with Crippen molar-refractivity contribution in [1.82, 2.24) is 25.6 Å². The molecule has 0 saturated carbocycles. The van der Waals surface area contributed by atoms with Crippen molar-refractivity contribution in [3.05, 3.63) is 72.3 Å². The number of nitrogens with zero attached hydrogens (tertiary/aromatic N) is 3. The molecule has 9 nitrogen and oxygen atoms in total. The Kier molecular flexibility index (Phi) is 6.99. The monoisotopic (exact) mass is 409 g/mol. The molecule has 0 aliphatic carbocycles. The van der Waals surface area contributed by atoms with Crippen molar-refractivity contribution in [3.8, 4) is 11.5 Å². The second-order valence-corrected chi connectivity index (χ2v) is 6.40. The van der Waals surface area contributed by atoms with Gasteiger partial charge in [-0.15, -0.1) is 0 Å². The highest BCUT2D eigenvalue weighted by atomic mass is 16.5. The molecule has 1 heterocycles. The molecule has 0 radical (unpaired) electrons. The van der Waals surface area contributed by atoms with Gasteiger partial charge in [-0.25, -0.2) is 9.67 Å². The van der Waals surface area contributed by atoms with Gasteiger partial charge in [0.1, 0.15) is 24.2 Å². The minimum absolute atomic E-state index is 0.415. The van der Waals surface area contributed by atoms with Gasteiger partial charge in [-0.05, 0) is 55.8 Å². The second kappa shape index (κ2) is 10.1. The quantitative estimate of drug-likeness (QED) is 0.551. The maximum absolute atomic E-state index is 12.2. The van der Waals surface area contributed by atoms with Crippen LogP contribution in [0.5, 0.6) is 11.5 Å². The van der Waals surface area contributed by atoms with Crippen molar-refractivity contribution in [2.75, 3.05) is 6.61 Å². The highest BCUT2D eigenvalue weighted by molar-refractivity contribution is 5.95. The molecule has 1 atom stereocenters. The van der Waals surface area contributed by atoms with E-state index in [-0.39, 0.29) is 0 Å². The fraction of sp³-hybridized carbons (Fsp3) is 0.238. The van der Waals surface area contributed by atoms with E-state index in [0.717, 1.165) is 11.3 Å². The topological polar surface area (TPSA) is 107 Å². The van der Waals surface area contributed by atoms with Crippen LogP contribution in [-0.4, -0.2) is 39.3 Å². The summed E-state index contributed by atoms with van der Waals surface area (Å²) in [5, 5.41) is 4.04. The molecule has 1 unspecified atom stereocenters. The summed E-state index contributed by atoms with van der Waals surface area (Å²) in [5.74, 6) is 0.348. The van der Waals surface area contributed by atoms with E-state index in [9.17, 15) is 9.59 Å². The van der Waals surface area contributed by atoms with E-state index >= 15 is 0 Å². The molecule has 3 rings (SSSR count). The molecule has 0 aliphatic rings. The molecule has 0 saturated heterocycles. The van der Waals surface area contributed by atoms with Gasteiger partial charge in [-0.1, -0.05) is 12.1 Å². The van der Waals surface area contributed by atoms with Crippen molar-refractivity contribution in [2.24, 2.45) is 0 Å². The molecule has 0 aliphatic heterocycles. The van der Waals surface area contributed by atoms with Crippen molar-refractivity contribution < 1.29 is 19.1 Å². The highest BCUT2D eigenvalue weighted by Crippen LogP contribution is 2.18. The van der Waals surface area contributed by atoms with Gasteiger partial charge in [0.25, 0.3) is 11.8 Å². The van der Waals surface area contributed by atoms with Crippen LogP contribution < -0.4 is 20.3 Å². The molecule has 156 valence electrons. The minimum Gasteiger partial charge on any atom is -0.494 e. The number of nitrogens with one attached hydrogen (secondary N) is 2. The smallest absolute Gasteiger partial charge is 0.279 e. The summed E-state index contributed by atoms with van der Waals surface area (Å²) in [4.78, 5) is 28.3. The van der Waals surface area contributed by atoms with Crippen LogP contribution in [0.15, 0.2) is 61.2 Å². The Morgan fingerprint density at radius 2 is 1.73 bits per heavy atom. The zero-order chi connectivity index (χ0) is 21.3. The first-order valence-electron chi connectivity index (χ1n) is 9.46. The molecule has 0 spiro atoms. The van der Waals surface area contributed by atoms with Crippen LogP contribution in [-0.2, 0) is 11.3 Å². The standard InChI is InChI=1S/C21H23N5O4/c1-3-29-18-8-10-19(11-9-18)30-15(2)20(27)24-25-21(28)17-6-4-16(5-7-17)12-26-14-22-13-23-26/h4-11,13-15H,3,12H2,1-2H3,(H,24,27)(H,25,28). The summed E-state index contributed by atoms with van der Waals surface area (Å²) in [5.41, 5.74) is 6.15. The summed E-state index contributed by atoms with van der Waals surface area (Å²) >= 11 is 0. The zero-order valence-corrected chi connectivity index (χ0v) is 16.7. The van der Waals surface area contributed by atoms with Gasteiger partial charge < -0.3 is 9.47 Å². The fourth-order valence-corrected chi connectivity index (χ4v) is 2.59. The van der Waals surface area contributed by atoms with Crippen LogP contribution >= 0.6 is 0 Å². The SMILES string of the molecule is CCOc1ccc(OC(C)C(=O)NNC(=O)c2ccc(Cn3cncn3)cc2)cc1. The molecule has 30 heavy (non-hydrogen) atoms. The maximum Gasteiger partial charge on any atom is 0.279 e. The van der Waals surface area contributed by atoms with E-state index in [4.69, 9.17) is 9.47 Å². The number of carbonyl (C=O) groups excluding carboxylic acids is 2. The van der Waals surface area contributed by atoms with E-state index in [1.807, 2.05) is 19.1 Å². The number of hydrogen-bond acceptors (Lipinski definition) is 6. The first-order chi connectivity index (χ1) is 14.5. The van der Waals surface area contributed by atoms with E-state index in [0.29, 0.717) is 24.5 Å². The van der Waals surface area contributed by atoms with E-state index in [2.05, 4.69) is 20.9 Å². The molecule has 3 aromatic rings. The van der Waals surface area contributed by atoms with E-state index in [1.54, 1.807) is 54.3 Å². The summed E-state index contributed by atoms with van der Waals surface area (Å²) in [6, 6.07) is 13.9. The molecular formula is C21H23N5O4. The molecular weight excluding hydrogens is 386 g/mol. The van der Waals surface area contributed by atoms with Crippen LogP contribution in [0.3, 0.4) is 0 Å². The van der Waals surface area contributed by atoms with Crippen LogP contribution in [0, 0.1) is 0 Å². The molecule has 9 heteroatoms. The summed E-state index contributed by atoms with van der Waals surface area (Å²) in [6.07, 6.45) is 2.28. The van der Waals surface area contributed by atoms with Gasteiger partial charge in [-0.3, -0.25) is 20.4 Å². The first kappa shape index (κ1) is 20.8. The predicted octanol–water partition coefficient (Wildman–Crippen LogP) is 1.95. The normalized spacial score (nSPS) is 11.4. The molecule has 2 aromatic carbocycles. The number of aromatic nitrogens is 3. The van der Waals surface area contributed by atoms with Gasteiger partial charge in [0.2, 0.25) is 0 Å². The largest absolute Gasteiger partial charge is 0.494 e. The highest BCUT2D eigenvalue weighted by Gasteiger charge is 2.16. The third kappa shape index (κ3) is 5.81. The van der Waals surface area contributed by atoms with E-state index < -0.39 is 17.9 Å². The van der Waals surface area contributed by atoms with Gasteiger partial charge in [0.05, 0.1) is 13.2 Å². The Hall–Kier alpha value is -3.88. The number of amides is 2. The Bertz CT molecular complexity index is 956. The van der Waals surface area contributed by atoms with Crippen LogP contribution in [0.25, 0.3) is 0 Å². The van der Waals surface area contributed by atoms with Crippen LogP contribution in [0.1, 0.15) is 29.8 Å².